The first kappa shape index (κ1) is 21.8. The molecule has 0 aliphatic carbocycles. The Morgan fingerprint density at radius 1 is 0.750 bits per heavy atom. The van der Waals surface area contributed by atoms with E-state index in [-0.39, 0.29) is 0 Å². The van der Waals surface area contributed by atoms with E-state index in [1.165, 1.54) is 51.0 Å². The molecule has 0 atom stereocenters. The Labute approximate surface area is 145 Å². The minimum atomic E-state index is -1.56. The van der Waals surface area contributed by atoms with Gasteiger partial charge in [-0.3, -0.25) is 0 Å². The number of carboxylic acid groups (broad SMARTS) is 1. The normalized spacial score (nSPS) is 13.5. The predicted molar refractivity (Wildman–Crippen MR) is 99.1 cm³/mol. The lowest BCUT2D eigenvalue weighted by Crippen LogP contribution is -2.02. The van der Waals surface area contributed by atoms with Crippen LogP contribution < -0.4 is 0 Å². The zero-order chi connectivity index (χ0) is 18.0. The lowest BCUT2D eigenvalue weighted by Gasteiger charge is -1.98. The van der Waals surface area contributed by atoms with E-state index in [1.807, 2.05) is 18.2 Å². The molecule has 0 aliphatic heterocycles. The summed E-state index contributed by atoms with van der Waals surface area (Å²) in [6, 6.07) is 0. The molecule has 0 aromatic rings. The van der Waals surface area contributed by atoms with Crippen LogP contribution in [0.15, 0.2) is 60.1 Å². The van der Waals surface area contributed by atoms with Gasteiger partial charge in [0.05, 0.1) is 0 Å². The third kappa shape index (κ3) is 13.4. The predicted octanol–water partition coefficient (Wildman–Crippen LogP) is 5.76. The van der Waals surface area contributed by atoms with Crippen LogP contribution in [0.3, 0.4) is 0 Å². The van der Waals surface area contributed by atoms with Crippen molar-refractivity contribution in [3.05, 3.63) is 60.1 Å². The average molecular weight is 334 g/mol. The SMILES string of the molecule is CCCCCCCCCC=CC=CC=CC=CC(O)=C(O)C(=O)O. The number of rotatable bonds is 13. The van der Waals surface area contributed by atoms with Crippen LogP contribution in [0.5, 0.6) is 0 Å². The largest absolute Gasteiger partial charge is 0.504 e. The zero-order valence-corrected chi connectivity index (χ0v) is 14.5. The molecule has 0 bridgehead atoms. The monoisotopic (exact) mass is 334 g/mol. The first-order valence-electron chi connectivity index (χ1n) is 8.61. The molecule has 0 saturated heterocycles. The van der Waals surface area contributed by atoms with E-state index in [4.69, 9.17) is 10.2 Å². The highest BCUT2D eigenvalue weighted by atomic mass is 16.4. The summed E-state index contributed by atoms with van der Waals surface area (Å²) >= 11 is 0. The molecule has 0 fully saturated rings. The highest BCUT2D eigenvalue weighted by Gasteiger charge is 2.08. The summed E-state index contributed by atoms with van der Waals surface area (Å²) in [7, 11) is 0. The van der Waals surface area contributed by atoms with E-state index < -0.39 is 17.5 Å². The van der Waals surface area contributed by atoms with Crippen LogP contribution in [0.25, 0.3) is 0 Å². The van der Waals surface area contributed by atoms with Crippen molar-refractivity contribution in [2.75, 3.05) is 0 Å². The number of allylic oxidation sites excluding steroid dienone is 8. The second-order valence-electron chi connectivity index (χ2n) is 5.51. The van der Waals surface area contributed by atoms with Crippen molar-refractivity contribution >= 4 is 5.97 Å². The zero-order valence-electron chi connectivity index (χ0n) is 14.5. The number of carboxylic acids is 1. The van der Waals surface area contributed by atoms with E-state index >= 15 is 0 Å². The summed E-state index contributed by atoms with van der Waals surface area (Å²) in [5.74, 6) is -3.30. The topological polar surface area (TPSA) is 77.8 Å². The fourth-order valence-electron chi connectivity index (χ4n) is 1.99. The minimum absolute atomic E-state index is 0.675. The van der Waals surface area contributed by atoms with Crippen LogP contribution in [-0.4, -0.2) is 21.3 Å². The molecule has 0 spiro atoms. The van der Waals surface area contributed by atoms with Crippen LogP contribution in [0.4, 0.5) is 0 Å². The lowest BCUT2D eigenvalue weighted by atomic mass is 10.1. The van der Waals surface area contributed by atoms with Gasteiger partial charge in [0.15, 0.2) is 5.76 Å². The van der Waals surface area contributed by atoms with Gasteiger partial charge >= 0.3 is 5.97 Å². The van der Waals surface area contributed by atoms with Crippen molar-refractivity contribution in [1.29, 1.82) is 0 Å². The van der Waals surface area contributed by atoms with Gasteiger partial charge in [-0.25, -0.2) is 4.79 Å². The van der Waals surface area contributed by atoms with E-state index in [0.717, 1.165) is 12.5 Å². The summed E-state index contributed by atoms with van der Waals surface area (Å²) in [5, 5.41) is 26.6. The molecule has 0 aliphatic rings. The van der Waals surface area contributed by atoms with E-state index in [2.05, 4.69) is 13.0 Å². The summed E-state index contributed by atoms with van der Waals surface area (Å²) < 4.78 is 0. The number of aliphatic hydroxyl groups excluding tert-OH is 2. The van der Waals surface area contributed by atoms with Crippen LogP contribution in [-0.2, 0) is 4.79 Å². The standard InChI is InChI=1S/C20H30O4/c1-2-3-4-5-6-7-8-9-10-11-12-13-14-15-16-17-18(21)19(22)20(23)24/h10-17,21-22H,2-9H2,1H3,(H,23,24). The van der Waals surface area contributed by atoms with Crippen LogP contribution >= 0.6 is 0 Å². The molecular formula is C20H30O4. The fourth-order valence-corrected chi connectivity index (χ4v) is 1.99. The van der Waals surface area contributed by atoms with Crippen LogP contribution in [0.2, 0.25) is 0 Å². The summed E-state index contributed by atoms with van der Waals surface area (Å²) in [6.07, 6.45) is 24.1. The third-order valence-electron chi connectivity index (χ3n) is 3.37. The van der Waals surface area contributed by atoms with Crippen LogP contribution in [0.1, 0.15) is 58.3 Å². The molecule has 4 heteroatoms. The Morgan fingerprint density at radius 3 is 1.92 bits per heavy atom. The Kier molecular flexibility index (Phi) is 14.2. The van der Waals surface area contributed by atoms with E-state index in [1.54, 1.807) is 12.2 Å². The number of hydrogen-bond acceptors (Lipinski definition) is 3. The number of hydrogen-bond donors (Lipinski definition) is 3. The molecule has 0 aromatic heterocycles. The van der Waals surface area contributed by atoms with Gasteiger partial charge in [0.1, 0.15) is 0 Å². The molecule has 134 valence electrons. The van der Waals surface area contributed by atoms with E-state index in [9.17, 15) is 9.90 Å². The smallest absolute Gasteiger partial charge is 0.374 e. The van der Waals surface area contributed by atoms with Gasteiger partial charge in [0, 0.05) is 0 Å². The number of unbranched alkanes of at least 4 members (excludes halogenated alkanes) is 7. The molecule has 0 unspecified atom stereocenters. The first-order chi connectivity index (χ1) is 11.6. The molecule has 0 rings (SSSR count). The second-order valence-corrected chi connectivity index (χ2v) is 5.51. The molecule has 0 radical (unpaired) electrons. The molecule has 0 saturated carbocycles. The van der Waals surface area contributed by atoms with Crippen molar-refractivity contribution in [1.82, 2.24) is 0 Å². The average Bonchev–Trinajstić information content (AvgIpc) is 2.57. The van der Waals surface area contributed by atoms with Gasteiger partial charge in [-0.05, 0) is 18.9 Å². The number of carbonyl (C=O) groups is 1. The van der Waals surface area contributed by atoms with Crippen molar-refractivity contribution in [2.45, 2.75) is 58.3 Å². The van der Waals surface area contributed by atoms with E-state index in [0.29, 0.717) is 0 Å². The highest BCUT2D eigenvalue weighted by Crippen LogP contribution is 2.08. The molecule has 3 N–H and O–H groups in total. The van der Waals surface area contributed by atoms with Crippen LogP contribution in [0, 0.1) is 0 Å². The van der Waals surface area contributed by atoms with Gasteiger partial charge in [-0.1, -0.05) is 88.0 Å². The molecule has 0 amide bonds. The maximum Gasteiger partial charge on any atom is 0.374 e. The van der Waals surface area contributed by atoms with Gasteiger partial charge in [0.2, 0.25) is 5.76 Å². The Balaban J connectivity index is 3.77. The minimum Gasteiger partial charge on any atom is -0.504 e. The number of aliphatic carboxylic acids is 1. The number of aliphatic hydroxyl groups is 2. The second kappa shape index (κ2) is 15.7. The van der Waals surface area contributed by atoms with Gasteiger partial charge in [-0.15, -0.1) is 0 Å². The lowest BCUT2D eigenvalue weighted by molar-refractivity contribution is -0.135. The summed E-state index contributed by atoms with van der Waals surface area (Å²) in [6.45, 7) is 2.23. The third-order valence-corrected chi connectivity index (χ3v) is 3.37. The molecule has 4 nitrogen and oxygen atoms in total. The van der Waals surface area contributed by atoms with Gasteiger partial charge in [-0.2, -0.15) is 0 Å². The quantitative estimate of drug-likeness (QED) is 0.173. The summed E-state index contributed by atoms with van der Waals surface area (Å²) in [5.41, 5.74) is 0. The Morgan fingerprint density at radius 2 is 1.29 bits per heavy atom. The Hall–Kier alpha value is -2.23. The molecule has 0 heterocycles. The first-order valence-corrected chi connectivity index (χ1v) is 8.61. The van der Waals surface area contributed by atoms with Gasteiger partial charge < -0.3 is 15.3 Å². The van der Waals surface area contributed by atoms with Gasteiger partial charge in [0.25, 0.3) is 0 Å². The van der Waals surface area contributed by atoms with Crippen molar-refractivity contribution in [3.63, 3.8) is 0 Å². The summed E-state index contributed by atoms with van der Waals surface area (Å²) in [4.78, 5) is 10.4. The molecular weight excluding hydrogens is 304 g/mol. The van der Waals surface area contributed by atoms with Crippen molar-refractivity contribution < 1.29 is 20.1 Å². The maximum atomic E-state index is 10.4. The molecule has 24 heavy (non-hydrogen) atoms. The Bertz CT molecular complexity index is 482. The molecule has 0 aromatic carbocycles. The highest BCUT2D eigenvalue weighted by molar-refractivity contribution is 5.84. The fraction of sp³-hybridized carbons (Fsp3) is 0.450. The van der Waals surface area contributed by atoms with Crippen molar-refractivity contribution in [2.24, 2.45) is 0 Å². The maximum absolute atomic E-state index is 10.4. The van der Waals surface area contributed by atoms with Crippen molar-refractivity contribution in [3.8, 4) is 0 Å².